The zero-order valence-electron chi connectivity index (χ0n) is 9.99. The first-order chi connectivity index (χ1) is 8.16. The Labute approximate surface area is 99.9 Å². The fourth-order valence-corrected chi connectivity index (χ4v) is 1.52. The number of benzene rings is 1. The van der Waals surface area contributed by atoms with Gasteiger partial charge >= 0.3 is 0 Å². The highest BCUT2D eigenvalue weighted by molar-refractivity contribution is 5.97. The lowest BCUT2D eigenvalue weighted by atomic mass is 10.2. The van der Waals surface area contributed by atoms with Crippen LogP contribution in [0.2, 0.25) is 0 Å². The first-order valence-corrected chi connectivity index (χ1v) is 5.66. The summed E-state index contributed by atoms with van der Waals surface area (Å²) in [5, 5.41) is 1.02. The van der Waals surface area contributed by atoms with Crippen molar-refractivity contribution in [1.82, 2.24) is 10.5 Å². The summed E-state index contributed by atoms with van der Waals surface area (Å²) in [7, 11) is 0. The average Bonchev–Trinajstić information content (AvgIpc) is 2.71. The topological polar surface area (TPSA) is 54.1 Å². The number of hydrogen-bond donors (Lipinski definition) is 2. The number of rotatable bonds is 4. The summed E-state index contributed by atoms with van der Waals surface area (Å²) < 4.78 is 0. The van der Waals surface area contributed by atoms with Crippen LogP contribution in [0, 0.1) is 5.92 Å². The number of aromatic amines is 1. The molecule has 2 aromatic rings. The Morgan fingerprint density at radius 1 is 1.41 bits per heavy atom. The third kappa shape index (κ3) is 2.85. The molecule has 0 unspecified atom stereocenters. The van der Waals surface area contributed by atoms with Crippen molar-refractivity contribution in [3.63, 3.8) is 0 Å². The summed E-state index contributed by atoms with van der Waals surface area (Å²) in [5.74, 6) is 0.139. The molecule has 0 bridgehead atoms. The number of carbonyl (C=O) groups excluding carboxylic acids is 1. The average molecular weight is 232 g/mol. The van der Waals surface area contributed by atoms with Crippen molar-refractivity contribution in [3.8, 4) is 0 Å². The van der Waals surface area contributed by atoms with Gasteiger partial charge in [0, 0.05) is 10.9 Å². The standard InChI is InChI=1S/C13H16N2O2/c1-9(2)8-17-15-13(16)12-7-10-5-3-4-6-11(10)14-12/h3-7,9,14H,8H2,1-2H3,(H,15,16). The predicted molar refractivity (Wildman–Crippen MR) is 66.6 cm³/mol. The minimum Gasteiger partial charge on any atom is -0.350 e. The van der Waals surface area contributed by atoms with E-state index in [4.69, 9.17) is 4.84 Å². The van der Waals surface area contributed by atoms with Gasteiger partial charge < -0.3 is 4.98 Å². The number of carbonyl (C=O) groups is 1. The van der Waals surface area contributed by atoms with Gasteiger partial charge in [0.15, 0.2) is 0 Å². The second-order valence-corrected chi connectivity index (χ2v) is 4.41. The molecule has 0 spiro atoms. The zero-order chi connectivity index (χ0) is 12.3. The number of para-hydroxylation sites is 1. The van der Waals surface area contributed by atoms with E-state index in [1.807, 2.05) is 44.2 Å². The van der Waals surface area contributed by atoms with Crippen LogP contribution in [0.15, 0.2) is 30.3 Å². The molecule has 0 fully saturated rings. The lowest BCUT2D eigenvalue weighted by molar-refractivity contribution is 0.0205. The van der Waals surface area contributed by atoms with E-state index in [-0.39, 0.29) is 5.91 Å². The summed E-state index contributed by atoms with van der Waals surface area (Å²) >= 11 is 0. The second-order valence-electron chi connectivity index (χ2n) is 4.41. The van der Waals surface area contributed by atoms with Crippen molar-refractivity contribution in [2.45, 2.75) is 13.8 Å². The summed E-state index contributed by atoms with van der Waals surface area (Å²) in [5.41, 5.74) is 3.88. The minimum atomic E-state index is -0.248. The van der Waals surface area contributed by atoms with Crippen molar-refractivity contribution in [2.24, 2.45) is 5.92 Å². The van der Waals surface area contributed by atoms with Gasteiger partial charge in [-0.3, -0.25) is 9.63 Å². The molecule has 0 aliphatic heterocycles. The van der Waals surface area contributed by atoms with Crippen LogP contribution in [0.4, 0.5) is 0 Å². The Balaban J connectivity index is 2.04. The summed E-state index contributed by atoms with van der Waals surface area (Å²) in [4.78, 5) is 19.9. The molecule has 2 rings (SSSR count). The van der Waals surface area contributed by atoms with Crippen LogP contribution in [0.5, 0.6) is 0 Å². The fourth-order valence-electron chi connectivity index (χ4n) is 1.52. The Morgan fingerprint density at radius 3 is 2.88 bits per heavy atom. The number of aromatic nitrogens is 1. The fraction of sp³-hybridized carbons (Fsp3) is 0.308. The number of fused-ring (bicyclic) bond motifs is 1. The van der Waals surface area contributed by atoms with E-state index in [9.17, 15) is 4.79 Å². The maximum Gasteiger partial charge on any atom is 0.291 e. The first kappa shape index (κ1) is 11.7. The van der Waals surface area contributed by atoms with Gasteiger partial charge in [0.25, 0.3) is 5.91 Å². The van der Waals surface area contributed by atoms with Gasteiger partial charge in [-0.05, 0) is 18.1 Å². The molecule has 90 valence electrons. The molecule has 2 N–H and O–H groups in total. The summed E-state index contributed by atoms with van der Waals surface area (Å²) in [6, 6.07) is 9.56. The third-order valence-electron chi connectivity index (χ3n) is 2.36. The van der Waals surface area contributed by atoms with E-state index in [1.165, 1.54) is 0 Å². The smallest absolute Gasteiger partial charge is 0.291 e. The van der Waals surface area contributed by atoms with E-state index < -0.39 is 0 Å². The number of hydroxylamine groups is 1. The molecule has 0 atom stereocenters. The molecule has 0 aliphatic rings. The van der Waals surface area contributed by atoms with Gasteiger partial charge in [0.05, 0.1) is 6.61 Å². The van der Waals surface area contributed by atoms with E-state index in [0.717, 1.165) is 10.9 Å². The second kappa shape index (κ2) is 5.01. The van der Waals surface area contributed by atoms with Crippen molar-refractivity contribution in [2.75, 3.05) is 6.61 Å². The molecule has 4 nitrogen and oxygen atoms in total. The highest BCUT2D eigenvalue weighted by Gasteiger charge is 2.09. The van der Waals surface area contributed by atoms with Crippen LogP contribution in [0.25, 0.3) is 10.9 Å². The number of amides is 1. The molecule has 17 heavy (non-hydrogen) atoms. The molecule has 4 heteroatoms. The van der Waals surface area contributed by atoms with Crippen LogP contribution in [0.3, 0.4) is 0 Å². The van der Waals surface area contributed by atoms with Gasteiger partial charge in [0.1, 0.15) is 5.69 Å². The molecule has 1 amide bonds. The van der Waals surface area contributed by atoms with Gasteiger partial charge in [-0.25, -0.2) is 5.48 Å². The Bertz CT molecular complexity index is 484. The van der Waals surface area contributed by atoms with Gasteiger partial charge in [0.2, 0.25) is 0 Å². The number of hydrogen-bond acceptors (Lipinski definition) is 2. The van der Waals surface area contributed by atoms with Crippen LogP contribution in [-0.4, -0.2) is 17.5 Å². The maximum absolute atomic E-state index is 11.7. The quantitative estimate of drug-likeness (QED) is 0.796. The maximum atomic E-state index is 11.7. The van der Waals surface area contributed by atoms with Gasteiger partial charge in [-0.1, -0.05) is 32.0 Å². The van der Waals surface area contributed by atoms with E-state index in [0.29, 0.717) is 18.2 Å². The van der Waals surface area contributed by atoms with Crippen LogP contribution < -0.4 is 5.48 Å². The minimum absolute atomic E-state index is 0.248. The Kier molecular flexibility index (Phi) is 3.44. The lowest BCUT2D eigenvalue weighted by Crippen LogP contribution is -2.25. The van der Waals surface area contributed by atoms with Gasteiger partial charge in [-0.2, -0.15) is 0 Å². The van der Waals surface area contributed by atoms with E-state index >= 15 is 0 Å². The number of nitrogens with one attached hydrogen (secondary N) is 2. The normalized spacial score (nSPS) is 11.0. The third-order valence-corrected chi connectivity index (χ3v) is 2.36. The van der Waals surface area contributed by atoms with Gasteiger partial charge in [-0.15, -0.1) is 0 Å². The molecule has 0 saturated heterocycles. The molecule has 0 radical (unpaired) electrons. The van der Waals surface area contributed by atoms with Crippen LogP contribution in [-0.2, 0) is 4.84 Å². The van der Waals surface area contributed by atoms with E-state index in [2.05, 4.69) is 10.5 Å². The Hall–Kier alpha value is -1.81. The zero-order valence-corrected chi connectivity index (χ0v) is 9.99. The van der Waals surface area contributed by atoms with E-state index in [1.54, 1.807) is 0 Å². The first-order valence-electron chi connectivity index (χ1n) is 5.66. The molecule has 1 heterocycles. The lowest BCUT2D eigenvalue weighted by Gasteiger charge is -2.06. The van der Waals surface area contributed by atoms with Crippen LogP contribution in [0.1, 0.15) is 24.3 Å². The van der Waals surface area contributed by atoms with Crippen molar-refractivity contribution < 1.29 is 9.63 Å². The SMILES string of the molecule is CC(C)CONC(=O)c1cc2ccccc2[nH]1. The number of H-pyrrole nitrogens is 1. The molecule has 1 aromatic heterocycles. The largest absolute Gasteiger partial charge is 0.350 e. The highest BCUT2D eigenvalue weighted by Crippen LogP contribution is 2.14. The summed E-state index contributed by atoms with van der Waals surface area (Å²) in [6.45, 7) is 4.55. The predicted octanol–water partition coefficient (Wildman–Crippen LogP) is 2.49. The van der Waals surface area contributed by atoms with Crippen molar-refractivity contribution in [3.05, 3.63) is 36.0 Å². The van der Waals surface area contributed by atoms with Crippen molar-refractivity contribution >= 4 is 16.8 Å². The summed E-state index contributed by atoms with van der Waals surface area (Å²) in [6.07, 6.45) is 0. The molecule has 0 aliphatic carbocycles. The highest BCUT2D eigenvalue weighted by atomic mass is 16.6. The Morgan fingerprint density at radius 2 is 2.18 bits per heavy atom. The molecule has 0 saturated carbocycles. The monoisotopic (exact) mass is 232 g/mol. The van der Waals surface area contributed by atoms with Crippen molar-refractivity contribution in [1.29, 1.82) is 0 Å². The molecular formula is C13H16N2O2. The molecular weight excluding hydrogens is 216 g/mol. The van der Waals surface area contributed by atoms with Crippen LogP contribution >= 0.6 is 0 Å². The molecule has 1 aromatic carbocycles.